The van der Waals surface area contributed by atoms with Gasteiger partial charge in [-0.2, -0.15) is 0 Å². The van der Waals surface area contributed by atoms with Crippen LogP contribution in [-0.2, 0) is 6.54 Å². The van der Waals surface area contributed by atoms with Crippen molar-refractivity contribution in [2.75, 3.05) is 7.05 Å². The fourth-order valence-corrected chi connectivity index (χ4v) is 2.04. The van der Waals surface area contributed by atoms with Crippen molar-refractivity contribution in [2.45, 2.75) is 38.8 Å². The minimum Gasteiger partial charge on any atom is -0.478 e. The number of rotatable bonds is 4. The summed E-state index contributed by atoms with van der Waals surface area (Å²) in [6.07, 6.45) is 3.77. The summed E-state index contributed by atoms with van der Waals surface area (Å²) in [6.45, 7) is 2.38. The van der Waals surface area contributed by atoms with Gasteiger partial charge in [-0.3, -0.25) is 4.90 Å². The number of hydrogen-bond acceptors (Lipinski definition) is 3. The first-order valence-corrected chi connectivity index (χ1v) is 5.61. The number of carboxylic acids is 1. The lowest BCUT2D eigenvalue weighted by Crippen LogP contribution is -2.36. The summed E-state index contributed by atoms with van der Waals surface area (Å²) < 4.78 is 5.44. The third-order valence-corrected chi connectivity index (χ3v) is 3.30. The second-order valence-corrected chi connectivity index (χ2v) is 4.49. The van der Waals surface area contributed by atoms with Crippen LogP contribution in [0.3, 0.4) is 0 Å². The average molecular weight is 223 g/mol. The van der Waals surface area contributed by atoms with Crippen LogP contribution in [0.5, 0.6) is 0 Å². The van der Waals surface area contributed by atoms with E-state index in [0.717, 1.165) is 5.76 Å². The lowest BCUT2D eigenvalue weighted by Gasteiger charge is -2.34. The zero-order chi connectivity index (χ0) is 11.7. The summed E-state index contributed by atoms with van der Waals surface area (Å²) in [5, 5.41) is 8.91. The molecule has 0 aromatic carbocycles. The second-order valence-electron chi connectivity index (χ2n) is 4.49. The first-order chi connectivity index (χ1) is 7.58. The van der Waals surface area contributed by atoms with Gasteiger partial charge in [0, 0.05) is 6.04 Å². The van der Waals surface area contributed by atoms with Crippen molar-refractivity contribution in [3.63, 3.8) is 0 Å². The van der Waals surface area contributed by atoms with E-state index in [1.54, 1.807) is 13.0 Å². The number of aromatic carboxylic acids is 1. The molecule has 2 rings (SSSR count). The highest BCUT2D eigenvalue weighted by atomic mass is 16.4. The Bertz CT molecular complexity index is 393. The number of furan rings is 1. The quantitative estimate of drug-likeness (QED) is 0.850. The van der Waals surface area contributed by atoms with Gasteiger partial charge in [0.2, 0.25) is 0 Å². The van der Waals surface area contributed by atoms with Gasteiger partial charge in [0.1, 0.15) is 17.1 Å². The minimum absolute atomic E-state index is 0.275. The lowest BCUT2D eigenvalue weighted by atomic mass is 9.92. The Labute approximate surface area is 94.9 Å². The van der Waals surface area contributed by atoms with E-state index in [0.29, 0.717) is 18.3 Å². The minimum atomic E-state index is -0.918. The van der Waals surface area contributed by atoms with Crippen molar-refractivity contribution in [2.24, 2.45) is 0 Å². The Morgan fingerprint density at radius 3 is 2.75 bits per heavy atom. The molecule has 4 heteroatoms. The summed E-state index contributed by atoms with van der Waals surface area (Å²) in [4.78, 5) is 13.1. The summed E-state index contributed by atoms with van der Waals surface area (Å²) >= 11 is 0. The van der Waals surface area contributed by atoms with E-state index in [-0.39, 0.29) is 5.56 Å². The Morgan fingerprint density at radius 2 is 2.31 bits per heavy atom. The van der Waals surface area contributed by atoms with Gasteiger partial charge in [-0.1, -0.05) is 6.42 Å². The van der Waals surface area contributed by atoms with Crippen molar-refractivity contribution in [1.82, 2.24) is 4.90 Å². The molecule has 0 amide bonds. The van der Waals surface area contributed by atoms with Crippen LogP contribution in [0.25, 0.3) is 0 Å². The van der Waals surface area contributed by atoms with Crippen molar-refractivity contribution in [3.05, 3.63) is 23.2 Å². The largest absolute Gasteiger partial charge is 0.478 e. The van der Waals surface area contributed by atoms with Crippen LogP contribution in [0.1, 0.15) is 41.1 Å². The van der Waals surface area contributed by atoms with Gasteiger partial charge in [0.05, 0.1) is 6.54 Å². The highest BCUT2D eigenvalue weighted by Crippen LogP contribution is 2.25. The Kier molecular flexibility index (Phi) is 3.01. The molecule has 1 aliphatic carbocycles. The van der Waals surface area contributed by atoms with Gasteiger partial charge in [-0.25, -0.2) is 4.79 Å². The van der Waals surface area contributed by atoms with Crippen molar-refractivity contribution in [3.8, 4) is 0 Å². The van der Waals surface area contributed by atoms with E-state index in [9.17, 15) is 4.79 Å². The van der Waals surface area contributed by atoms with Crippen LogP contribution in [0.4, 0.5) is 0 Å². The first kappa shape index (κ1) is 11.2. The van der Waals surface area contributed by atoms with Gasteiger partial charge in [-0.05, 0) is 32.9 Å². The summed E-state index contributed by atoms with van der Waals surface area (Å²) in [5.74, 6) is 0.313. The van der Waals surface area contributed by atoms with Gasteiger partial charge < -0.3 is 9.52 Å². The molecule has 0 aliphatic heterocycles. The number of hydrogen-bond donors (Lipinski definition) is 1. The zero-order valence-electron chi connectivity index (χ0n) is 9.69. The molecule has 1 aromatic heterocycles. The molecule has 1 aromatic rings. The Balaban J connectivity index is 2.03. The lowest BCUT2D eigenvalue weighted by molar-refractivity contribution is 0.0695. The van der Waals surface area contributed by atoms with E-state index in [2.05, 4.69) is 11.9 Å². The summed E-state index contributed by atoms with van der Waals surface area (Å²) in [5.41, 5.74) is 0.275. The standard InChI is InChI=1S/C12H17NO3/c1-8-11(12(14)15)6-10(16-8)7-13(2)9-4-3-5-9/h6,9H,3-5,7H2,1-2H3,(H,14,15). The molecule has 0 spiro atoms. The van der Waals surface area contributed by atoms with Crippen LogP contribution >= 0.6 is 0 Å². The van der Waals surface area contributed by atoms with E-state index < -0.39 is 5.97 Å². The fourth-order valence-electron chi connectivity index (χ4n) is 2.04. The molecule has 0 radical (unpaired) electrons. The number of carboxylic acid groups (broad SMARTS) is 1. The molecule has 0 atom stereocenters. The number of carbonyl (C=O) groups is 1. The Morgan fingerprint density at radius 1 is 1.62 bits per heavy atom. The Hall–Kier alpha value is -1.29. The first-order valence-electron chi connectivity index (χ1n) is 5.61. The number of aryl methyl sites for hydroxylation is 1. The maximum atomic E-state index is 10.8. The third kappa shape index (κ3) is 2.11. The van der Waals surface area contributed by atoms with Crippen LogP contribution in [0.15, 0.2) is 10.5 Å². The zero-order valence-corrected chi connectivity index (χ0v) is 9.69. The van der Waals surface area contributed by atoms with Crippen LogP contribution in [0, 0.1) is 6.92 Å². The highest BCUT2D eigenvalue weighted by Gasteiger charge is 2.23. The topological polar surface area (TPSA) is 53.7 Å². The molecule has 0 bridgehead atoms. The monoisotopic (exact) mass is 223 g/mol. The smallest absolute Gasteiger partial charge is 0.339 e. The average Bonchev–Trinajstić information content (AvgIpc) is 2.43. The van der Waals surface area contributed by atoms with Crippen LogP contribution < -0.4 is 0 Å². The molecule has 1 N–H and O–H groups in total. The predicted octanol–water partition coefficient (Wildman–Crippen LogP) is 2.27. The molecule has 1 heterocycles. The molecule has 0 saturated heterocycles. The van der Waals surface area contributed by atoms with Crippen molar-refractivity contribution < 1.29 is 14.3 Å². The molecule has 1 saturated carbocycles. The third-order valence-electron chi connectivity index (χ3n) is 3.30. The van der Waals surface area contributed by atoms with E-state index in [4.69, 9.17) is 9.52 Å². The summed E-state index contributed by atoms with van der Waals surface area (Å²) in [6, 6.07) is 2.27. The second kappa shape index (κ2) is 4.29. The summed E-state index contributed by atoms with van der Waals surface area (Å²) in [7, 11) is 2.06. The predicted molar refractivity (Wildman–Crippen MR) is 59.5 cm³/mol. The van der Waals surface area contributed by atoms with Gasteiger partial charge in [0.15, 0.2) is 0 Å². The molecule has 88 valence electrons. The normalized spacial score (nSPS) is 16.4. The molecule has 16 heavy (non-hydrogen) atoms. The molecular weight excluding hydrogens is 206 g/mol. The van der Waals surface area contributed by atoms with Gasteiger partial charge in [-0.15, -0.1) is 0 Å². The van der Waals surface area contributed by atoms with Gasteiger partial charge in [0.25, 0.3) is 0 Å². The highest BCUT2D eigenvalue weighted by molar-refractivity contribution is 5.88. The maximum absolute atomic E-state index is 10.8. The molecule has 1 aliphatic rings. The van der Waals surface area contributed by atoms with Crippen LogP contribution in [0.2, 0.25) is 0 Å². The molecule has 4 nitrogen and oxygen atoms in total. The van der Waals surface area contributed by atoms with Crippen molar-refractivity contribution in [1.29, 1.82) is 0 Å². The van der Waals surface area contributed by atoms with Crippen molar-refractivity contribution >= 4 is 5.97 Å². The molecule has 0 unspecified atom stereocenters. The van der Waals surface area contributed by atoms with Gasteiger partial charge >= 0.3 is 5.97 Å². The van der Waals surface area contributed by atoms with E-state index in [1.807, 2.05) is 0 Å². The fraction of sp³-hybridized carbons (Fsp3) is 0.583. The maximum Gasteiger partial charge on any atom is 0.339 e. The van der Waals surface area contributed by atoms with Crippen LogP contribution in [-0.4, -0.2) is 29.1 Å². The van der Waals surface area contributed by atoms with E-state index in [1.165, 1.54) is 19.3 Å². The molecule has 1 fully saturated rings. The SMILES string of the molecule is Cc1oc(CN(C)C2CCC2)cc1C(=O)O. The molecular formula is C12H17NO3. The number of nitrogens with zero attached hydrogens (tertiary/aromatic N) is 1. The van der Waals surface area contributed by atoms with E-state index >= 15 is 0 Å².